The molecule has 1 aliphatic carbocycles. The first-order chi connectivity index (χ1) is 8.65. The van der Waals surface area contributed by atoms with E-state index in [0.29, 0.717) is 12.1 Å². The van der Waals surface area contributed by atoms with Gasteiger partial charge in [0.05, 0.1) is 12.2 Å². The molecule has 2 aliphatic rings. The van der Waals surface area contributed by atoms with Crippen LogP contribution < -0.4 is 5.32 Å². The quantitative estimate of drug-likeness (QED) is 0.777. The Labute approximate surface area is 110 Å². The van der Waals surface area contributed by atoms with Crippen LogP contribution in [0.3, 0.4) is 0 Å². The number of ether oxygens (including phenoxy) is 1. The SMILES string of the molecule is COC1CCN(CCC(C)(C#N)NC2CC2)CC1. The molecule has 0 spiro atoms. The Morgan fingerprint density at radius 1 is 1.33 bits per heavy atom. The van der Waals surface area contributed by atoms with Gasteiger partial charge in [-0.2, -0.15) is 5.26 Å². The van der Waals surface area contributed by atoms with Crippen molar-refractivity contribution < 1.29 is 4.74 Å². The molecule has 0 radical (unpaired) electrons. The van der Waals surface area contributed by atoms with Crippen molar-refractivity contribution in [1.29, 1.82) is 5.26 Å². The van der Waals surface area contributed by atoms with Crippen molar-refractivity contribution in [3.05, 3.63) is 0 Å². The number of nitrogens with one attached hydrogen (secondary N) is 1. The van der Waals surface area contributed by atoms with Crippen molar-refractivity contribution in [3.63, 3.8) is 0 Å². The predicted molar refractivity (Wildman–Crippen MR) is 71.3 cm³/mol. The van der Waals surface area contributed by atoms with Gasteiger partial charge >= 0.3 is 0 Å². The fourth-order valence-corrected chi connectivity index (χ4v) is 2.59. The molecule has 1 heterocycles. The van der Waals surface area contributed by atoms with Crippen molar-refractivity contribution in [3.8, 4) is 6.07 Å². The normalized spacial score (nSPS) is 25.6. The molecule has 4 nitrogen and oxygen atoms in total. The molecule has 1 N–H and O–H groups in total. The number of methoxy groups -OCH3 is 1. The van der Waals surface area contributed by atoms with E-state index in [0.717, 1.165) is 38.9 Å². The third-order valence-electron chi connectivity index (χ3n) is 4.14. The average Bonchev–Trinajstić information content (AvgIpc) is 3.21. The molecule has 0 amide bonds. The van der Waals surface area contributed by atoms with E-state index >= 15 is 0 Å². The Bertz CT molecular complexity index is 303. The summed E-state index contributed by atoms with van der Waals surface area (Å²) < 4.78 is 5.38. The van der Waals surface area contributed by atoms with Crippen LogP contribution in [-0.4, -0.2) is 49.3 Å². The summed E-state index contributed by atoms with van der Waals surface area (Å²) in [5.41, 5.74) is -0.348. The minimum absolute atomic E-state index is 0.348. The number of rotatable bonds is 6. The summed E-state index contributed by atoms with van der Waals surface area (Å²) >= 11 is 0. The van der Waals surface area contributed by atoms with Gasteiger partial charge in [-0.25, -0.2) is 0 Å². The smallest absolute Gasteiger partial charge is 0.105 e. The zero-order valence-electron chi connectivity index (χ0n) is 11.6. The van der Waals surface area contributed by atoms with Gasteiger partial charge in [-0.05, 0) is 39.0 Å². The van der Waals surface area contributed by atoms with Crippen LogP contribution in [-0.2, 0) is 4.74 Å². The molecule has 4 heteroatoms. The minimum atomic E-state index is -0.348. The highest BCUT2D eigenvalue weighted by atomic mass is 16.5. The summed E-state index contributed by atoms with van der Waals surface area (Å²) in [6.45, 7) is 5.25. The number of hydrogen-bond acceptors (Lipinski definition) is 4. The zero-order chi connectivity index (χ0) is 13.0. The molecule has 1 saturated heterocycles. The highest BCUT2D eigenvalue weighted by Gasteiger charge is 2.32. The van der Waals surface area contributed by atoms with E-state index in [-0.39, 0.29) is 5.54 Å². The van der Waals surface area contributed by atoms with E-state index in [2.05, 4.69) is 16.3 Å². The lowest BCUT2D eigenvalue weighted by Crippen LogP contribution is -2.46. The molecule has 2 rings (SSSR count). The Morgan fingerprint density at radius 2 is 2.00 bits per heavy atom. The van der Waals surface area contributed by atoms with Crippen LogP contribution in [0.2, 0.25) is 0 Å². The van der Waals surface area contributed by atoms with Crippen LogP contribution >= 0.6 is 0 Å². The first-order valence-corrected chi connectivity index (χ1v) is 7.09. The summed E-state index contributed by atoms with van der Waals surface area (Å²) in [4.78, 5) is 2.46. The van der Waals surface area contributed by atoms with E-state index in [1.54, 1.807) is 7.11 Å². The molecule has 0 aromatic carbocycles. The predicted octanol–water partition coefficient (Wildman–Crippen LogP) is 1.52. The van der Waals surface area contributed by atoms with Gasteiger partial charge in [0.1, 0.15) is 5.54 Å². The minimum Gasteiger partial charge on any atom is -0.381 e. The van der Waals surface area contributed by atoms with E-state index < -0.39 is 0 Å². The van der Waals surface area contributed by atoms with E-state index in [1.807, 2.05) is 6.92 Å². The first kappa shape index (κ1) is 13.8. The molecule has 1 unspecified atom stereocenters. The molecular formula is C14H25N3O. The topological polar surface area (TPSA) is 48.3 Å². The second-order valence-electron chi connectivity index (χ2n) is 5.89. The lowest BCUT2D eigenvalue weighted by atomic mass is 9.98. The van der Waals surface area contributed by atoms with Gasteiger partial charge in [0, 0.05) is 32.8 Å². The number of likely N-dealkylation sites (tertiary alicyclic amines) is 1. The zero-order valence-corrected chi connectivity index (χ0v) is 11.6. The molecular weight excluding hydrogens is 226 g/mol. The second-order valence-corrected chi connectivity index (χ2v) is 5.89. The van der Waals surface area contributed by atoms with Crippen LogP contribution in [0.5, 0.6) is 0 Å². The Kier molecular flexibility index (Phi) is 4.60. The standard InChI is InChI=1S/C14H25N3O/c1-14(11-15,16-12-3-4-12)7-10-17-8-5-13(18-2)6-9-17/h12-13,16H,3-10H2,1-2H3. The summed E-state index contributed by atoms with van der Waals surface area (Å²) in [5.74, 6) is 0. The molecule has 2 fully saturated rings. The van der Waals surface area contributed by atoms with Gasteiger partial charge in [0.2, 0.25) is 0 Å². The van der Waals surface area contributed by atoms with Crippen LogP contribution in [0.1, 0.15) is 39.0 Å². The van der Waals surface area contributed by atoms with Crippen molar-refractivity contribution in [1.82, 2.24) is 10.2 Å². The van der Waals surface area contributed by atoms with Crippen LogP contribution in [0, 0.1) is 11.3 Å². The van der Waals surface area contributed by atoms with Gasteiger partial charge in [-0.1, -0.05) is 0 Å². The van der Waals surface area contributed by atoms with Crippen LogP contribution in [0.15, 0.2) is 0 Å². The van der Waals surface area contributed by atoms with E-state index in [4.69, 9.17) is 4.74 Å². The third kappa shape index (κ3) is 3.94. The van der Waals surface area contributed by atoms with Crippen LogP contribution in [0.4, 0.5) is 0 Å². The number of nitriles is 1. The van der Waals surface area contributed by atoms with Crippen LogP contribution in [0.25, 0.3) is 0 Å². The number of hydrogen-bond donors (Lipinski definition) is 1. The van der Waals surface area contributed by atoms with Crippen molar-refractivity contribution >= 4 is 0 Å². The molecule has 18 heavy (non-hydrogen) atoms. The summed E-state index contributed by atoms with van der Waals surface area (Å²) in [6, 6.07) is 3.04. The molecule has 1 atom stereocenters. The highest BCUT2D eigenvalue weighted by molar-refractivity contribution is 5.07. The monoisotopic (exact) mass is 251 g/mol. The Hall–Kier alpha value is -0.630. The fourth-order valence-electron chi connectivity index (χ4n) is 2.59. The molecule has 1 aliphatic heterocycles. The van der Waals surface area contributed by atoms with Gasteiger partial charge < -0.3 is 9.64 Å². The second kappa shape index (κ2) is 6.01. The number of nitrogens with zero attached hydrogens (tertiary/aromatic N) is 2. The molecule has 1 saturated carbocycles. The number of piperidine rings is 1. The largest absolute Gasteiger partial charge is 0.381 e. The highest BCUT2D eigenvalue weighted by Crippen LogP contribution is 2.24. The fraction of sp³-hybridized carbons (Fsp3) is 0.929. The van der Waals surface area contributed by atoms with Crippen molar-refractivity contribution in [2.24, 2.45) is 0 Å². The summed E-state index contributed by atoms with van der Waals surface area (Å²) in [7, 11) is 1.80. The Morgan fingerprint density at radius 3 is 2.50 bits per heavy atom. The van der Waals surface area contributed by atoms with Crippen molar-refractivity contribution in [2.45, 2.75) is 56.7 Å². The first-order valence-electron chi connectivity index (χ1n) is 7.09. The van der Waals surface area contributed by atoms with Gasteiger partial charge in [0.25, 0.3) is 0 Å². The summed E-state index contributed by atoms with van der Waals surface area (Å²) in [5, 5.41) is 12.8. The molecule has 102 valence electrons. The van der Waals surface area contributed by atoms with Crippen molar-refractivity contribution in [2.75, 3.05) is 26.7 Å². The maximum absolute atomic E-state index is 9.32. The molecule has 0 bridgehead atoms. The maximum atomic E-state index is 9.32. The lowest BCUT2D eigenvalue weighted by Gasteiger charge is -2.33. The Balaban J connectivity index is 1.71. The third-order valence-corrected chi connectivity index (χ3v) is 4.14. The molecule has 0 aromatic rings. The van der Waals surface area contributed by atoms with E-state index in [1.165, 1.54) is 12.8 Å². The van der Waals surface area contributed by atoms with Gasteiger partial charge in [-0.15, -0.1) is 0 Å². The average molecular weight is 251 g/mol. The maximum Gasteiger partial charge on any atom is 0.105 e. The lowest BCUT2D eigenvalue weighted by molar-refractivity contribution is 0.0395. The molecule has 0 aromatic heterocycles. The summed E-state index contributed by atoms with van der Waals surface area (Å²) in [6.07, 6.45) is 6.06. The van der Waals surface area contributed by atoms with Gasteiger partial charge in [-0.3, -0.25) is 5.32 Å². The van der Waals surface area contributed by atoms with Gasteiger partial charge in [0.15, 0.2) is 0 Å². The van der Waals surface area contributed by atoms with E-state index in [9.17, 15) is 5.26 Å².